The van der Waals surface area contributed by atoms with E-state index in [1.165, 1.54) is 139 Å². The third kappa shape index (κ3) is 4.95. The summed E-state index contributed by atoms with van der Waals surface area (Å²) >= 11 is 0. The fourth-order valence-corrected chi connectivity index (χ4v) is 16.9. The van der Waals surface area contributed by atoms with Crippen molar-refractivity contribution in [3.63, 3.8) is 0 Å². The van der Waals surface area contributed by atoms with Gasteiger partial charge in [0.25, 0.3) is 26.9 Å². The van der Waals surface area contributed by atoms with Crippen molar-refractivity contribution >= 4 is 182 Å². The molecule has 0 radical (unpaired) electrons. The number of para-hydroxylation sites is 9. The second-order valence-corrected chi connectivity index (χ2v) is 23.3. The molecule has 13 aromatic rings. The van der Waals surface area contributed by atoms with Crippen molar-refractivity contribution in [1.29, 1.82) is 0 Å². The largest absolute Gasteiger partial charge is 0.458 e. The number of fused-ring (bicyclic) bond motifs is 23. The van der Waals surface area contributed by atoms with Gasteiger partial charge in [-0.15, -0.1) is 0 Å². The molecule has 0 N–H and O–H groups in total. The van der Waals surface area contributed by atoms with Gasteiger partial charge >= 0.3 is 0 Å². The summed E-state index contributed by atoms with van der Waals surface area (Å²) in [6, 6.07) is 94.2. The van der Waals surface area contributed by atoms with Gasteiger partial charge in [0.05, 0.1) is 5.52 Å². The van der Waals surface area contributed by atoms with Gasteiger partial charge in [-0.05, 0) is 138 Å². The van der Waals surface area contributed by atoms with Crippen LogP contribution in [0.2, 0.25) is 0 Å². The number of aromatic nitrogens is 1. The Balaban J connectivity index is 0.913. The molecule has 12 aromatic carbocycles. The standard InChI is InChI=1S/C72H41B4N5O/c1-3-20-42(21-4-1)77-59-39-60-53(76-49-29-11-17-36-58(49)81-55-33-14-8-26-46(55)73-50-30-12-18-37-64(50)82-65-41-63(68(76)72(81)69(65)73)78(60)43-22-5-2-6-23-43)38-52(59)75-48-28-10-16-35-57(48)80-56-34-15-9-27-47(56)74-51-31-19-25-45-44-24-7-13-32-54(44)79(70(45)51)62-40-61(77)66(75)71(80)67(62)74/h1-41H. The third-order valence-corrected chi connectivity index (χ3v) is 19.7. The van der Waals surface area contributed by atoms with Gasteiger partial charge in [-0.1, -0.05) is 170 Å². The molecule has 1 aromatic heterocycles. The summed E-state index contributed by atoms with van der Waals surface area (Å²) in [5.74, 6) is 1.82. The van der Waals surface area contributed by atoms with Crippen LogP contribution < -0.4 is 89.9 Å². The van der Waals surface area contributed by atoms with Crippen LogP contribution >= 0.6 is 0 Å². The van der Waals surface area contributed by atoms with Crippen molar-refractivity contribution < 1.29 is 4.74 Å². The molecule has 0 saturated carbocycles. The first-order chi connectivity index (χ1) is 40.8. The molecule has 8 aliphatic heterocycles. The highest BCUT2D eigenvalue weighted by molar-refractivity contribution is 7.07. The number of anilines is 12. The van der Waals surface area contributed by atoms with Crippen LogP contribution in [0, 0.1) is 0 Å². The van der Waals surface area contributed by atoms with Gasteiger partial charge in [-0.25, -0.2) is 0 Å². The Morgan fingerprint density at radius 1 is 0.256 bits per heavy atom. The Bertz CT molecular complexity index is 5120. The Morgan fingerprint density at radius 3 is 1.28 bits per heavy atom. The predicted octanol–water partition coefficient (Wildman–Crippen LogP) is 9.03. The zero-order valence-corrected chi connectivity index (χ0v) is 44.1. The van der Waals surface area contributed by atoms with Crippen LogP contribution in [-0.2, 0) is 0 Å². The van der Waals surface area contributed by atoms with Crippen molar-refractivity contribution in [2.45, 2.75) is 0 Å². The van der Waals surface area contributed by atoms with Crippen LogP contribution in [-0.4, -0.2) is 31.4 Å². The summed E-state index contributed by atoms with van der Waals surface area (Å²) in [6.45, 7) is -0.185. The third-order valence-electron chi connectivity index (χ3n) is 19.7. The Hall–Kier alpha value is -10.3. The maximum absolute atomic E-state index is 7.24. The van der Waals surface area contributed by atoms with Gasteiger partial charge < -0.3 is 28.9 Å². The van der Waals surface area contributed by atoms with Gasteiger partial charge in [-0.2, -0.15) is 0 Å². The van der Waals surface area contributed by atoms with Crippen molar-refractivity contribution in [3.05, 3.63) is 249 Å². The molecular weight excluding hydrogens is 994 g/mol. The van der Waals surface area contributed by atoms with E-state index in [0.29, 0.717) is 0 Å². The molecule has 0 bridgehead atoms. The van der Waals surface area contributed by atoms with E-state index in [2.05, 4.69) is 273 Å². The first-order valence-electron chi connectivity index (χ1n) is 28.8. The molecule has 10 heteroatoms. The molecule has 0 unspecified atom stereocenters. The normalized spacial score (nSPS) is 14.7. The smallest absolute Gasteiger partial charge is 0.256 e. The van der Waals surface area contributed by atoms with Gasteiger partial charge in [0.15, 0.2) is 0 Å². The summed E-state index contributed by atoms with van der Waals surface area (Å²) in [5.41, 5.74) is 33.8. The molecule has 0 amide bonds. The van der Waals surface area contributed by atoms with E-state index in [1.54, 1.807) is 0 Å². The summed E-state index contributed by atoms with van der Waals surface area (Å²) in [6.07, 6.45) is 0. The zero-order valence-electron chi connectivity index (χ0n) is 44.1. The number of hydrogen-bond donors (Lipinski definition) is 0. The van der Waals surface area contributed by atoms with E-state index in [1.807, 2.05) is 0 Å². The average Bonchev–Trinajstić information content (AvgIpc) is 0.990. The van der Waals surface area contributed by atoms with Crippen molar-refractivity contribution in [1.82, 2.24) is 4.57 Å². The summed E-state index contributed by atoms with van der Waals surface area (Å²) in [7, 11) is 0. The lowest BCUT2D eigenvalue weighted by atomic mass is 9.27. The van der Waals surface area contributed by atoms with Crippen LogP contribution in [0.5, 0.6) is 11.5 Å². The molecule has 82 heavy (non-hydrogen) atoms. The molecule has 0 spiro atoms. The van der Waals surface area contributed by atoms with Gasteiger partial charge in [0, 0.05) is 96.3 Å². The molecule has 6 nitrogen and oxygen atoms in total. The molecule has 0 aliphatic carbocycles. The molecular formula is C72H41B4N5O. The predicted molar refractivity (Wildman–Crippen MR) is 345 cm³/mol. The Kier molecular flexibility index (Phi) is 7.76. The SMILES string of the molecule is c1ccc(N2c3cc4c(cc3B3c5ccccc5N5c6ccccc6B6c7ccccc7Oc7cc2c3c5c76)B2c3ccccc3N3c5ccccc5B5c6c(cc(c2c63)N4c2ccccc2)-n2c3ccccc3c3cccc5c32)cc1. The Morgan fingerprint density at radius 2 is 0.683 bits per heavy atom. The minimum Gasteiger partial charge on any atom is -0.458 e. The number of ether oxygens (including phenoxy) is 1. The van der Waals surface area contributed by atoms with Gasteiger partial charge in [-0.3, -0.25) is 0 Å². The first kappa shape index (κ1) is 42.6. The summed E-state index contributed by atoms with van der Waals surface area (Å²) in [4.78, 5) is 10.4. The first-order valence-corrected chi connectivity index (χ1v) is 28.8. The summed E-state index contributed by atoms with van der Waals surface area (Å²) in [5, 5.41) is 2.57. The van der Waals surface area contributed by atoms with E-state index in [9.17, 15) is 0 Å². The monoisotopic (exact) mass is 1040 g/mol. The maximum Gasteiger partial charge on any atom is 0.256 e. The topological polar surface area (TPSA) is 27.1 Å². The second kappa shape index (κ2) is 14.9. The lowest BCUT2D eigenvalue weighted by molar-refractivity contribution is 0.488. The molecule has 372 valence electrons. The fraction of sp³-hybridized carbons (Fsp3) is 0. The summed E-state index contributed by atoms with van der Waals surface area (Å²) < 4.78 is 9.86. The van der Waals surface area contributed by atoms with Crippen LogP contribution in [0.1, 0.15) is 0 Å². The number of benzene rings is 12. The van der Waals surface area contributed by atoms with E-state index < -0.39 is 0 Å². The van der Waals surface area contributed by atoms with E-state index in [0.717, 1.165) is 34.2 Å². The molecule has 0 fully saturated rings. The molecule has 0 atom stereocenters. The Labute approximate surface area is 474 Å². The van der Waals surface area contributed by atoms with Crippen LogP contribution in [0.4, 0.5) is 68.2 Å². The van der Waals surface area contributed by atoms with Crippen LogP contribution in [0.15, 0.2) is 249 Å². The number of rotatable bonds is 2. The van der Waals surface area contributed by atoms with Crippen molar-refractivity contribution in [3.8, 4) is 17.2 Å². The van der Waals surface area contributed by atoms with E-state index in [-0.39, 0.29) is 26.9 Å². The lowest BCUT2D eigenvalue weighted by Gasteiger charge is -2.51. The fourth-order valence-electron chi connectivity index (χ4n) is 16.9. The minimum atomic E-state index is -0.105. The highest BCUT2D eigenvalue weighted by Crippen LogP contribution is 2.52. The molecule has 8 aliphatic rings. The second-order valence-electron chi connectivity index (χ2n) is 23.3. The molecule has 9 heterocycles. The number of hydrogen-bond acceptors (Lipinski definition) is 5. The van der Waals surface area contributed by atoms with Crippen molar-refractivity contribution in [2.75, 3.05) is 19.6 Å². The minimum absolute atomic E-state index is 0.00389. The highest BCUT2D eigenvalue weighted by Gasteiger charge is 2.55. The lowest BCUT2D eigenvalue weighted by Crippen LogP contribution is -2.70. The van der Waals surface area contributed by atoms with Crippen LogP contribution in [0.25, 0.3) is 27.5 Å². The maximum atomic E-state index is 7.24. The van der Waals surface area contributed by atoms with E-state index >= 15 is 0 Å². The van der Waals surface area contributed by atoms with Gasteiger partial charge in [0.2, 0.25) is 0 Å². The highest BCUT2D eigenvalue weighted by atomic mass is 16.5. The molecule has 0 saturated heterocycles. The van der Waals surface area contributed by atoms with Gasteiger partial charge in [0.1, 0.15) is 11.5 Å². The van der Waals surface area contributed by atoms with Crippen molar-refractivity contribution in [2.24, 2.45) is 0 Å². The average molecular weight is 1040 g/mol. The molecule has 21 rings (SSSR count). The van der Waals surface area contributed by atoms with E-state index in [4.69, 9.17) is 4.74 Å². The zero-order chi connectivity index (χ0) is 52.8. The quantitative estimate of drug-likeness (QED) is 0.161. The number of nitrogens with zero attached hydrogens (tertiary/aromatic N) is 5. The van der Waals surface area contributed by atoms with Crippen LogP contribution in [0.3, 0.4) is 0 Å².